The quantitative estimate of drug-likeness (QED) is 0.863. The number of benzene rings is 1. The van der Waals surface area contributed by atoms with Gasteiger partial charge in [-0.05, 0) is 49.8 Å². The van der Waals surface area contributed by atoms with E-state index in [1.54, 1.807) is 0 Å². The van der Waals surface area contributed by atoms with Crippen molar-refractivity contribution < 1.29 is 4.79 Å². The molecule has 1 amide bonds. The van der Waals surface area contributed by atoms with Gasteiger partial charge in [-0.1, -0.05) is 31.9 Å². The van der Waals surface area contributed by atoms with E-state index in [1.807, 2.05) is 12.1 Å². The van der Waals surface area contributed by atoms with Gasteiger partial charge in [-0.3, -0.25) is 4.79 Å². The predicted octanol–water partition coefficient (Wildman–Crippen LogP) is 3.49. The maximum atomic E-state index is 12.2. The number of hydrogen-bond donors (Lipinski definition) is 2. The monoisotopic (exact) mass is 274 g/mol. The fourth-order valence-electron chi connectivity index (χ4n) is 2.85. The molecular weight excluding hydrogens is 248 g/mol. The van der Waals surface area contributed by atoms with Gasteiger partial charge in [-0.15, -0.1) is 0 Å². The SMILES string of the molecule is CCCCc1ccc(NC(=O)C2CCCC(N)C2)cc1. The molecule has 0 radical (unpaired) electrons. The van der Waals surface area contributed by atoms with Crippen molar-refractivity contribution in [2.24, 2.45) is 11.7 Å². The van der Waals surface area contributed by atoms with Crippen LogP contribution in [0.4, 0.5) is 5.69 Å². The summed E-state index contributed by atoms with van der Waals surface area (Å²) in [6, 6.07) is 8.42. The van der Waals surface area contributed by atoms with Crippen molar-refractivity contribution in [3.63, 3.8) is 0 Å². The molecule has 20 heavy (non-hydrogen) atoms. The lowest BCUT2D eigenvalue weighted by molar-refractivity contribution is -0.120. The number of carbonyl (C=O) groups excluding carboxylic acids is 1. The summed E-state index contributed by atoms with van der Waals surface area (Å²) < 4.78 is 0. The van der Waals surface area contributed by atoms with Crippen molar-refractivity contribution in [1.29, 1.82) is 0 Å². The first-order valence-electron chi connectivity index (χ1n) is 7.84. The molecule has 2 atom stereocenters. The van der Waals surface area contributed by atoms with Crippen molar-refractivity contribution in [1.82, 2.24) is 0 Å². The first kappa shape index (κ1) is 15.0. The summed E-state index contributed by atoms with van der Waals surface area (Å²) in [5.74, 6) is 0.208. The molecule has 3 heteroatoms. The zero-order valence-electron chi connectivity index (χ0n) is 12.4. The van der Waals surface area contributed by atoms with Crippen molar-refractivity contribution in [3.8, 4) is 0 Å². The molecule has 0 spiro atoms. The van der Waals surface area contributed by atoms with Crippen LogP contribution >= 0.6 is 0 Å². The molecule has 1 aliphatic carbocycles. The number of hydrogen-bond acceptors (Lipinski definition) is 2. The van der Waals surface area contributed by atoms with Crippen LogP contribution in [0.5, 0.6) is 0 Å². The van der Waals surface area contributed by atoms with E-state index < -0.39 is 0 Å². The van der Waals surface area contributed by atoms with E-state index >= 15 is 0 Å². The van der Waals surface area contributed by atoms with Gasteiger partial charge in [0.1, 0.15) is 0 Å². The highest BCUT2D eigenvalue weighted by Gasteiger charge is 2.25. The van der Waals surface area contributed by atoms with Gasteiger partial charge in [-0.25, -0.2) is 0 Å². The molecule has 1 aromatic carbocycles. The summed E-state index contributed by atoms with van der Waals surface area (Å²) in [4.78, 5) is 12.2. The molecule has 0 aromatic heterocycles. The first-order chi connectivity index (χ1) is 9.69. The molecule has 3 nitrogen and oxygen atoms in total. The van der Waals surface area contributed by atoms with E-state index in [0.717, 1.165) is 37.8 Å². The minimum Gasteiger partial charge on any atom is -0.328 e. The molecular formula is C17H26N2O. The highest BCUT2D eigenvalue weighted by molar-refractivity contribution is 5.92. The maximum Gasteiger partial charge on any atom is 0.227 e. The zero-order chi connectivity index (χ0) is 14.4. The molecule has 110 valence electrons. The molecule has 0 heterocycles. The van der Waals surface area contributed by atoms with Crippen LogP contribution in [0.2, 0.25) is 0 Å². The Labute approximate surface area is 121 Å². The number of unbranched alkanes of at least 4 members (excludes halogenated alkanes) is 1. The zero-order valence-corrected chi connectivity index (χ0v) is 12.4. The third-order valence-electron chi connectivity index (χ3n) is 4.13. The largest absolute Gasteiger partial charge is 0.328 e. The van der Waals surface area contributed by atoms with Gasteiger partial charge < -0.3 is 11.1 Å². The van der Waals surface area contributed by atoms with Gasteiger partial charge in [0.25, 0.3) is 0 Å². The Kier molecular flexibility index (Phi) is 5.60. The summed E-state index contributed by atoms with van der Waals surface area (Å²) in [7, 11) is 0. The third kappa shape index (κ3) is 4.34. The minimum atomic E-state index is 0.0820. The fraction of sp³-hybridized carbons (Fsp3) is 0.588. The van der Waals surface area contributed by atoms with Crippen molar-refractivity contribution in [3.05, 3.63) is 29.8 Å². The Balaban J connectivity index is 1.87. The van der Waals surface area contributed by atoms with Crippen LogP contribution in [-0.4, -0.2) is 11.9 Å². The number of rotatable bonds is 5. The van der Waals surface area contributed by atoms with E-state index in [9.17, 15) is 4.79 Å². The van der Waals surface area contributed by atoms with Crippen LogP contribution in [0, 0.1) is 5.92 Å². The van der Waals surface area contributed by atoms with Crippen LogP contribution in [-0.2, 0) is 11.2 Å². The standard InChI is InChI=1S/C17H26N2O/c1-2-3-5-13-8-10-16(11-9-13)19-17(20)14-6-4-7-15(18)12-14/h8-11,14-15H,2-7,12,18H2,1H3,(H,19,20). The van der Waals surface area contributed by atoms with Gasteiger partial charge in [-0.2, -0.15) is 0 Å². The normalized spacial score (nSPS) is 22.5. The van der Waals surface area contributed by atoms with E-state index in [1.165, 1.54) is 18.4 Å². The lowest BCUT2D eigenvalue weighted by atomic mass is 9.85. The van der Waals surface area contributed by atoms with Crippen LogP contribution in [0.3, 0.4) is 0 Å². The second kappa shape index (κ2) is 7.44. The van der Waals surface area contributed by atoms with Crippen LogP contribution in [0.1, 0.15) is 51.0 Å². The summed E-state index contributed by atoms with van der Waals surface area (Å²) in [6.07, 6.45) is 7.44. The Morgan fingerprint density at radius 1 is 1.30 bits per heavy atom. The van der Waals surface area contributed by atoms with Crippen LogP contribution < -0.4 is 11.1 Å². The number of carbonyl (C=O) groups is 1. The average Bonchev–Trinajstić information content (AvgIpc) is 2.46. The second-order valence-electron chi connectivity index (χ2n) is 5.91. The van der Waals surface area contributed by atoms with Gasteiger partial charge in [0.05, 0.1) is 0 Å². The number of nitrogens with one attached hydrogen (secondary N) is 1. The van der Waals surface area contributed by atoms with E-state index in [2.05, 4.69) is 24.4 Å². The molecule has 1 aromatic rings. The van der Waals surface area contributed by atoms with Gasteiger partial charge in [0, 0.05) is 17.6 Å². The minimum absolute atomic E-state index is 0.0820. The van der Waals surface area contributed by atoms with Crippen LogP contribution in [0.15, 0.2) is 24.3 Å². The molecule has 2 unspecified atom stereocenters. The Morgan fingerprint density at radius 3 is 2.70 bits per heavy atom. The number of aryl methyl sites for hydroxylation is 1. The summed E-state index contributed by atoms with van der Waals surface area (Å²) in [5.41, 5.74) is 8.18. The smallest absolute Gasteiger partial charge is 0.227 e. The second-order valence-corrected chi connectivity index (χ2v) is 5.91. The predicted molar refractivity (Wildman–Crippen MR) is 83.6 cm³/mol. The van der Waals surface area contributed by atoms with Gasteiger partial charge in [0.2, 0.25) is 5.91 Å². The maximum absolute atomic E-state index is 12.2. The molecule has 0 aliphatic heterocycles. The van der Waals surface area contributed by atoms with Crippen molar-refractivity contribution >= 4 is 11.6 Å². The molecule has 2 rings (SSSR count). The highest BCUT2D eigenvalue weighted by atomic mass is 16.1. The lowest BCUT2D eigenvalue weighted by Gasteiger charge is -2.25. The summed E-state index contributed by atoms with van der Waals surface area (Å²) in [6.45, 7) is 2.20. The number of amides is 1. The van der Waals surface area contributed by atoms with Crippen molar-refractivity contribution in [2.75, 3.05) is 5.32 Å². The van der Waals surface area contributed by atoms with Gasteiger partial charge in [0.15, 0.2) is 0 Å². The summed E-state index contributed by atoms with van der Waals surface area (Å²) >= 11 is 0. The lowest BCUT2D eigenvalue weighted by Crippen LogP contribution is -2.34. The topological polar surface area (TPSA) is 55.1 Å². The van der Waals surface area contributed by atoms with Gasteiger partial charge >= 0.3 is 0 Å². The molecule has 1 fully saturated rings. The Morgan fingerprint density at radius 2 is 2.05 bits per heavy atom. The Hall–Kier alpha value is -1.35. The van der Waals surface area contributed by atoms with E-state index in [0.29, 0.717) is 0 Å². The fourth-order valence-corrected chi connectivity index (χ4v) is 2.85. The van der Waals surface area contributed by atoms with Crippen LogP contribution in [0.25, 0.3) is 0 Å². The molecule has 0 bridgehead atoms. The molecule has 0 saturated heterocycles. The molecule has 3 N–H and O–H groups in total. The highest BCUT2D eigenvalue weighted by Crippen LogP contribution is 2.24. The molecule has 1 saturated carbocycles. The molecule has 1 aliphatic rings. The number of anilines is 1. The number of nitrogens with two attached hydrogens (primary N) is 1. The van der Waals surface area contributed by atoms with E-state index in [-0.39, 0.29) is 17.9 Å². The Bertz CT molecular complexity index is 427. The average molecular weight is 274 g/mol. The third-order valence-corrected chi connectivity index (χ3v) is 4.13. The summed E-state index contributed by atoms with van der Waals surface area (Å²) in [5, 5.41) is 3.02. The first-order valence-corrected chi connectivity index (χ1v) is 7.84. The van der Waals surface area contributed by atoms with E-state index in [4.69, 9.17) is 5.73 Å². The van der Waals surface area contributed by atoms with Crippen molar-refractivity contribution in [2.45, 2.75) is 57.9 Å².